The van der Waals surface area contributed by atoms with Gasteiger partial charge in [0.1, 0.15) is 11.3 Å². The van der Waals surface area contributed by atoms with Crippen molar-refractivity contribution in [3.8, 4) is 5.75 Å². The summed E-state index contributed by atoms with van der Waals surface area (Å²) in [6.07, 6.45) is -0.843. The van der Waals surface area contributed by atoms with Crippen molar-refractivity contribution in [1.82, 2.24) is 10.9 Å². The minimum absolute atomic E-state index is 0.202. The molecule has 1 heterocycles. The van der Waals surface area contributed by atoms with Crippen LogP contribution in [0.5, 0.6) is 5.75 Å². The zero-order valence-corrected chi connectivity index (χ0v) is 15.7. The molecule has 2 amide bonds. The van der Waals surface area contributed by atoms with E-state index >= 15 is 0 Å². The summed E-state index contributed by atoms with van der Waals surface area (Å²) in [5, 5.41) is 0.374. The number of rotatable bonds is 4. The summed E-state index contributed by atoms with van der Waals surface area (Å²) in [7, 11) is 0. The normalized spacial score (nSPS) is 11.7. The summed E-state index contributed by atoms with van der Waals surface area (Å²) >= 11 is 0. The Morgan fingerprint density at radius 3 is 2.57 bits per heavy atom. The monoisotopic (exact) mass is 380 g/mol. The number of carbonyl (C=O) groups excluding carboxylic acids is 2. The maximum Gasteiger partial charge on any atom is 0.305 e. The molecule has 0 aliphatic heterocycles. The number of amides is 2. The zero-order chi connectivity index (χ0) is 20.3. The second-order valence-corrected chi connectivity index (χ2v) is 6.37. The molecule has 0 saturated heterocycles. The molecule has 0 aliphatic carbocycles. The Morgan fingerprint density at radius 2 is 1.79 bits per heavy atom. The van der Waals surface area contributed by atoms with Crippen molar-refractivity contribution in [2.45, 2.75) is 26.9 Å². The van der Waals surface area contributed by atoms with Gasteiger partial charge in [-0.3, -0.25) is 25.2 Å². The largest absolute Gasteiger partial charge is 0.481 e. The third kappa shape index (κ3) is 4.03. The SMILES string of the molecule is Cc1cccc(OC(C)C(=O)NNC(=O)c2cc(=O)c3ccccc3o2)c1C. The Kier molecular flexibility index (Phi) is 5.44. The van der Waals surface area contributed by atoms with Crippen LogP contribution in [0.15, 0.2) is 57.7 Å². The fourth-order valence-corrected chi connectivity index (χ4v) is 2.59. The number of hydrogen-bond acceptors (Lipinski definition) is 5. The van der Waals surface area contributed by atoms with Crippen LogP contribution in [-0.4, -0.2) is 17.9 Å². The molecular weight excluding hydrogens is 360 g/mol. The van der Waals surface area contributed by atoms with Gasteiger partial charge in [-0.1, -0.05) is 24.3 Å². The Labute approximate surface area is 161 Å². The van der Waals surface area contributed by atoms with Gasteiger partial charge in [0, 0.05) is 6.07 Å². The summed E-state index contributed by atoms with van der Waals surface area (Å²) in [6, 6.07) is 13.2. The highest BCUT2D eigenvalue weighted by atomic mass is 16.5. The summed E-state index contributed by atoms with van der Waals surface area (Å²) in [5.41, 5.74) is 6.44. The lowest BCUT2D eigenvalue weighted by Crippen LogP contribution is -2.47. The zero-order valence-electron chi connectivity index (χ0n) is 15.7. The first-order chi connectivity index (χ1) is 13.4. The van der Waals surface area contributed by atoms with Gasteiger partial charge in [-0.05, 0) is 50.1 Å². The van der Waals surface area contributed by atoms with Gasteiger partial charge >= 0.3 is 5.91 Å². The van der Waals surface area contributed by atoms with Crippen LogP contribution in [-0.2, 0) is 4.79 Å². The van der Waals surface area contributed by atoms with Gasteiger partial charge in [-0.15, -0.1) is 0 Å². The molecule has 1 unspecified atom stereocenters. The molecule has 144 valence electrons. The Balaban J connectivity index is 1.64. The summed E-state index contributed by atoms with van der Waals surface area (Å²) in [6.45, 7) is 5.42. The van der Waals surface area contributed by atoms with Gasteiger partial charge in [-0.2, -0.15) is 0 Å². The van der Waals surface area contributed by atoms with E-state index in [1.807, 2.05) is 26.0 Å². The Bertz CT molecular complexity index is 1100. The highest BCUT2D eigenvalue weighted by Gasteiger charge is 2.18. The quantitative estimate of drug-likeness (QED) is 0.678. The van der Waals surface area contributed by atoms with E-state index in [1.165, 1.54) is 0 Å². The molecule has 0 radical (unpaired) electrons. The number of hydrazine groups is 1. The van der Waals surface area contributed by atoms with Gasteiger partial charge < -0.3 is 9.15 Å². The van der Waals surface area contributed by atoms with Crippen molar-refractivity contribution >= 4 is 22.8 Å². The van der Waals surface area contributed by atoms with Crippen molar-refractivity contribution in [3.05, 3.63) is 75.6 Å². The number of fused-ring (bicyclic) bond motifs is 1. The number of benzene rings is 2. The van der Waals surface area contributed by atoms with Crippen LogP contribution in [0.1, 0.15) is 28.6 Å². The van der Waals surface area contributed by atoms with Gasteiger partial charge in [0.25, 0.3) is 5.91 Å². The summed E-state index contributed by atoms with van der Waals surface area (Å²) < 4.78 is 11.1. The van der Waals surface area contributed by atoms with Crippen molar-refractivity contribution in [1.29, 1.82) is 0 Å². The molecule has 2 aromatic carbocycles. The van der Waals surface area contributed by atoms with Crippen LogP contribution in [0.25, 0.3) is 11.0 Å². The minimum atomic E-state index is -0.843. The fraction of sp³-hybridized carbons (Fsp3) is 0.190. The van der Waals surface area contributed by atoms with E-state index in [0.717, 1.165) is 17.2 Å². The molecule has 1 aromatic heterocycles. The molecule has 2 N–H and O–H groups in total. The molecule has 0 saturated carbocycles. The van der Waals surface area contributed by atoms with Crippen LogP contribution in [0.4, 0.5) is 0 Å². The topological polar surface area (TPSA) is 97.6 Å². The second-order valence-electron chi connectivity index (χ2n) is 6.37. The van der Waals surface area contributed by atoms with E-state index in [2.05, 4.69) is 10.9 Å². The number of hydrogen-bond donors (Lipinski definition) is 2. The lowest BCUT2D eigenvalue weighted by atomic mass is 10.1. The maximum absolute atomic E-state index is 12.2. The van der Waals surface area contributed by atoms with E-state index in [0.29, 0.717) is 11.1 Å². The highest BCUT2D eigenvalue weighted by molar-refractivity contribution is 5.94. The molecule has 3 aromatic rings. The molecule has 0 aliphatic rings. The van der Waals surface area contributed by atoms with Crippen LogP contribution in [0, 0.1) is 13.8 Å². The van der Waals surface area contributed by atoms with E-state index in [-0.39, 0.29) is 16.8 Å². The maximum atomic E-state index is 12.2. The smallest absolute Gasteiger partial charge is 0.305 e. The average molecular weight is 380 g/mol. The van der Waals surface area contributed by atoms with Crippen molar-refractivity contribution in [2.24, 2.45) is 0 Å². The van der Waals surface area contributed by atoms with Gasteiger partial charge in [0.15, 0.2) is 17.3 Å². The van der Waals surface area contributed by atoms with Gasteiger partial charge in [0.2, 0.25) is 0 Å². The number of ether oxygens (including phenoxy) is 1. The van der Waals surface area contributed by atoms with Gasteiger partial charge in [-0.25, -0.2) is 0 Å². The molecule has 0 spiro atoms. The number of aryl methyl sites for hydroxylation is 1. The number of nitrogens with one attached hydrogen (secondary N) is 2. The van der Waals surface area contributed by atoms with Crippen molar-refractivity contribution in [2.75, 3.05) is 0 Å². The number of para-hydroxylation sites is 1. The molecule has 7 heteroatoms. The first-order valence-corrected chi connectivity index (χ1v) is 8.73. The predicted octanol–water partition coefficient (Wildman–Crippen LogP) is 2.64. The standard InChI is InChI=1S/C21H20N2O5/c1-12-7-6-10-17(13(12)2)27-14(3)20(25)22-23-21(26)19-11-16(24)15-8-4-5-9-18(15)28-19/h4-11,14H,1-3H3,(H,22,25)(H,23,26). The summed E-state index contributed by atoms with van der Waals surface area (Å²) in [5.74, 6) is -0.894. The molecule has 1 atom stereocenters. The lowest BCUT2D eigenvalue weighted by molar-refractivity contribution is -0.128. The number of carbonyl (C=O) groups is 2. The summed E-state index contributed by atoms with van der Waals surface area (Å²) in [4.78, 5) is 36.5. The van der Waals surface area contributed by atoms with Crippen LogP contribution >= 0.6 is 0 Å². The minimum Gasteiger partial charge on any atom is -0.481 e. The van der Waals surface area contributed by atoms with Crippen LogP contribution in [0.2, 0.25) is 0 Å². The molecule has 0 bridgehead atoms. The van der Waals surface area contributed by atoms with E-state index in [1.54, 1.807) is 37.3 Å². The third-order valence-electron chi connectivity index (χ3n) is 4.39. The average Bonchev–Trinajstić information content (AvgIpc) is 2.69. The van der Waals surface area contributed by atoms with E-state index in [9.17, 15) is 14.4 Å². The van der Waals surface area contributed by atoms with E-state index < -0.39 is 17.9 Å². The van der Waals surface area contributed by atoms with E-state index in [4.69, 9.17) is 9.15 Å². The van der Waals surface area contributed by atoms with Gasteiger partial charge in [0.05, 0.1) is 5.39 Å². The third-order valence-corrected chi connectivity index (χ3v) is 4.39. The predicted molar refractivity (Wildman–Crippen MR) is 104 cm³/mol. The van der Waals surface area contributed by atoms with Crippen LogP contribution in [0.3, 0.4) is 0 Å². The molecule has 7 nitrogen and oxygen atoms in total. The van der Waals surface area contributed by atoms with Crippen molar-refractivity contribution < 1.29 is 18.7 Å². The molecular formula is C21H20N2O5. The fourth-order valence-electron chi connectivity index (χ4n) is 2.59. The molecule has 28 heavy (non-hydrogen) atoms. The van der Waals surface area contributed by atoms with Crippen molar-refractivity contribution in [3.63, 3.8) is 0 Å². The first-order valence-electron chi connectivity index (χ1n) is 8.73. The Hall–Kier alpha value is -3.61. The van der Waals surface area contributed by atoms with Crippen LogP contribution < -0.4 is 21.0 Å². The second kappa shape index (κ2) is 7.96. The highest BCUT2D eigenvalue weighted by Crippen LogP contribution is 2.21. The molecule has 0 fully saturated rings. The molecule has 3 rings (SSSR count). The first kappa shape index (κ1) is 19.2. The Morgan fingerprint density at radius 1 is 1.04 bits per heavy atom. The lowest BCUT2D eigenvalue weighted by Gasteiger charge is -2.17.